The number of carbonyl (C=O) groups is 2. The summed E-state index contributed by atoms with van der Waals surface area (Å²) in [4.78, 5) is 30.7. The zero-order valence-corrected chi connectivity index (χ0v) is 16.2. The van der Waals surface area contributed by atoms with Crippen LogP contribution in [-0.2, 0) is 9.53 Å². The van der Waals surface area contributed by atoms with E-state index in [9.17, 15) is 9.59 Å². The quantitative estimate of drug-likeness (QED) is 0.820. The molecule has 0 aliphatic carbocycles. The van der Waals surface area contributed by atoms with Crippen LogP contribution in [-0.4, -0.2) is 90.7 Å². The summed E-state index contributed by atoms with van der Waals surface area (Å²) in [5, 5.41) is 3.35. The Morgan fingerprint density at radius 2 is 1.72 bits per heavy atom. The van der Waals surface area contributed by atoms with Crippen LogP contribution in [0.1, 0.15) is 40.5 Å². The lowest BCUT2D eigenvalue weighted by molar-refractivity contribution is -0.135. The highest BCUT2D eigenvalue weighted by Crippen LogP contribution is 2.14. The van der Waals surface area contributed by atoms with Crippen molar-refractivity contribution in [1.29, 1.82) is 0 Å². The Morgan fingerprint density at radius 1 is 1.12 bits per heavy atom. The van der Waals surface area contributed by atoms with E-state index in [0.29, 0.717) is 25.7 Å². The van der Waals surface area contributed by atoms with E-state index < -0.39 is 5.60 Å². The Bertz CT molecular complexity index is 450. The number of nitrogens with one attached hydrogen (secondary N) is 1. The first-order chi connectivity index (χ1) is 11.8. The van der Waals surface area contributed by atoms with Gasteiger partial charge in [0.15, 0.2) is 0 Å². The molecule has 2 rings (SSSR count). The molecular formula is C18H34N4O3. The van der Waals surface area contributed by atoms with Crippen LogP contribution in [0.25, 0.3) is 0 Å². The second kappa shape index (κ2) is 8.85. The van der Waals surface area contributed by atoms with Crippen LogP contribution in [0.15, 0.2) is 0 Å². The molecule has 0 atom stereocenters. The predicted molar refractivity (Wildman–Crippen MR) is 97.5 cm³/mol. The second-order valence-electron chi connectivity index (χ2n) is 7.90. The van der Waals surface area contributed by atoms with E-state index in [2.05, 4.69) is 17.1 Å². The molecule has 144 valence electrons. The highest BCUT2D eigenvalue weighted by Gasteiger charge is 2.29. The van der Waals surface area contributed by atoms with Crippen molar-refractivity contribution >= 4 is 12.0 Å². The number of likely N-dealkylation sites (N-methyl/N-ethyl adjacent to an activating group) is 1. The number of amides is 2. The third-order valence-corrected chi connectivity index (χ3v) is 4.79. The SMILES string of the molecule is CCN(C(=O)CN1CCN(C(=O)OC(C)(C)C)CC1)C1CCNCC1. The van der Waals surface area contributed by atoms with Crippen LogP contribution in [0.3, 0.4) is 0 Å². The first-order valence-corrected chi connectivity index (χ1v) is 9.50. The zero-order valence-electron chi connectivity index (χ0n) is 16.2. The van der Waals surface area contributed by atoms with Gasteiger partial charge in [-0.3, -0.25) is 9.69 Å². The van der Waals surface area contributed by atoms with Crippen LogP contribution in [0.4, 0.5) is 4.79 Å². The molecule has 0 unspecified atom stereocenters. The molecule has 2 heterocycles. The van der Waals surface area contributed by atoms with Gasteiger partial charge in [-0.25, -0.2) is 4.79 Å². The first-order valence-electron chi connectivity index (χ1n) is 9.50. The lowest BCUT2D eigenvalue weighted by atomic mass is 10.0. The Morgan fingerprint density at radius 3 is 2.24 bits per heavy atom. The van der Waals surface area contributed by atoms with Gasteiger partial charge in [-0.15, -0.1) is 0 Å². The van der Waals surface area contributed by atoms with E-state index in [1.165, 1.54) is 0 Å². The minimum atomic E-state index is -0.472. The Balaban J connectivity index is 1.78. The van der Waals surface area contributed by atoms with Crippen molar-refractivity contribution in [2.45, 2.75) is 52.2 Å². The number of piperazine rings is 1. The summed E-state index contributed by atoms with van der Waals surface area (Å²) >= 11 is 0. The number of ether oxygens (including phenoxy) is 1. The van der Waals surface area contributed by atoms with Gasteiger partial charge < -0.3 is 19.9 Å². The highest BCUT2D eigenvalue weighted by molar-refractivity contribution is 5.78. The molecule has 0 bridgehead atoms. The van der Waals surface area contributed by atoms with Gasteiger partial charge in [-0.1, -0.05) is 0 Å². The minimum absolute atomic E-state index is 0.208. The molecule has 0 aromatic rings. The smallest absolute Gasteiger partial charge is 0.410 e. The number of hydrogen-bond acceptors (Lipinski definition) is 5. The number of piperidine rings is 1. The molecule has 1 N–H and O–H groups in total. The molecule has 7 nitrogen and oxygen atoms in total. The lowest BCUT2D eigenvalue weighted by Gasteiger charge is -2.38. The standard InChI is InChI=1S/C18H34N4O3/c1-5-22(15-6-8-19-9-7-15)16(23)14-20-10-12-21(13-11-20)17(24)25-18(2,3)4/h15,19H,5-14H2,1-4H3. The molecule has 0 radical (unpaired) electrons. The highest BCUT2D eigenvalue weighted by atomic mass is 16.6. The van der Waals surface area contributed by atoms with Crippen molar-refractivity contribution in [3.63, 3.8) is 0 Å². The molecule has 0 saturated carbocycles. The van der Waals surface area contributed by atoms with Gasteiger partial charge in [0.25, 0.3) is 0 Å². The predicted octanol–water partition coefficient (Wildman–Crippen LogP) is 1.14. The van der Waals surface area contributed by atoms with Crippen molar-refractivity contribution in [1.82, 2.24) is 20.0 Å². The summed E-state index contributed by atoms with van der Waals surface area (Å²) in [6, 6.07) is 0.363. The molecule has 0 aromatic carbocycles. The van der Waals surface area contributed by atoms with E-state index in [4.69, 9.17) is 4.74 Å². The second-order valence-corrected chi connectivity index (χ2v) is 7.90. The van der Waals surface area contributed by atoms with Crippen LogP contribution in [0.2, 0.25) is 0 Å². The Labute approximate surface area is 151 Å². The van der Waals surface area contributed by atoms with Gasteiger partial charge >= 0.3 is 6.09 Å². The summed E-state index contributed by atoms with van der Waals surface area (Å²) in [6.45, 7) is 13.5. The van der Waals surface area contributed by atoms with Gasteiger partial charge in [-0.2, -0.15) is 0 Å². The molecule has 0 aromatic heterocycles. The van der Waals surface area contributed by atoms with Crippen molar-refractivity contribution in [3.8, 4) is 0 Å². The van der Waals surface area contributed by atoms with Gasteiger partial charge in [0, 0.05) is 38.8 Å². The maximum atomic E-state index is 12.7. The van der Waals surface area contributed by atoms with Crippen LogP contribution in [0, 0.1) is 0 Å². The summed E-state index contributed by atoms with van der Waals surface area (Å²) < 4.78 is 5.42. The number of nitrogens with zero attached hydrogens (tertiary/aromatic N) is 3. The third-order valence-electron chi connectivity index (χ3n) is 4.79. The van der Waals surface area contributed by atoms with E-state index in [-0.39, 0.29) is 12.0 Å². The van der Waals surface area contributed by atoms with Gasteiger partial charge in [0.05, 0.1) is 6.54 Å². The normalized spacial score (nSPS) is 20.4. The average molecular weight is 354 g/mol. The molecule has 25 heavy (non-hydrogen) atoms. The van der Waals surface area contributed by atoms with Crippen LogP contribution >= 0.6 is 0 Å². The monoisotopic (exact) mass is 354 g/mol. The van der Waals surface area contributed by atoms with Crippen molar-refractivity contribution in [3.05, 3.63) is 0 Å². The van der Waals surface area contributed by atoms with Crippen molar-refractivity contribution < 1.29 is 14.3 Å². The van der Waals surface area contributed by atoms with E-state index >= 15 is 0 Å². The van der Waals surface area contributed by atoms with E-state index in [1.54, 1.807) is 4.90 Å². The first kappa shape index (κ1) is 20.0. The maximum absolute atomic E-state index is 12.7. The molecule has 2 fully saturated rings. The van der Waals surface area contributed by atoms with Crippen molar-refractivity contribution in [2.75, 3.05) is 52.4 Å². The summed E-state index contributed by atoms with van der Waals surface area (Å²) in [5.41, 5.74) is -0.472. The summed E-state index contributed by atoms with van der Waals surface area (Å²) in [7, 11) is 0. The lowest BCUT2D eigenvalue weighted by Crippen LogP contribution is -2.54. The summed E-state index contributed by atoms with van der Waals surface area (Å²) in [6.07, 6.45) is 1.81. The van der Waals surface area contributed by atoms with Crippen molar-refractivity contribution in [2.24, 2.45) is 0 Å². The van der Waals surface area contributed by atoms with Crippen LogP contribution < -0.4 is 5.32 Å². The number of hydrogen-bond donors (Lipinski definition) is 1. The largest absolute Gasteiger partial charge is 0.444 e. The molecule has 2 aliphatic heterocycles. The topological polar surface area (TPSA) is 65.1 Å². The molecule has 2 saturated heterocycles. The zero-order chi connectivity index (χ0) is 18.4. The molecule has 0 spiro atoms. The fourth-order valence-corrected chi connectivity index (χ4v) is 3.45. The van der Waals surface area contributed by atoms with Gasteiger partial charge in [0.1, 0.15) is 5.60 Å². The molecular weight excluding hydrogens is 320 g/mol. The molecule has 2 amide bonds. The Hall–Kier alpha value is -1.34. The average Bonchev–Trinajstić information content (AvgIpc) is 2.55. The van der Waals surface area contributed by atoms with Crippen LogP contribution in [0.5, 0.6) is 0 Å². The van der Waals surface area contributed by atoms with Gasteiger partial charge in [0.2, 0.25) is 5.91 Å². The van der Waals surface area contributed by atoms with Gasteiger partial charge in [-0.05, 0) is 53.6 Å². The third kappa shape index (κ3) is 6.15. The number of rotatable bonds is 4. The molecule has 7 heteroatoms. The fraction of sp³-hybridized carbons (Fsp3) is 0.889. The maximum Gasteiger partial charge on any atom is 0.410 e. The minimum Gasteiger partial charge on any atom is -0.444 e. The summed E-state index contributed by atoms with van der Waals surface area (Å²) in [5.74, 6) is 0.208. The Kier molecular flexibility index (Phi) is 7.07. The number of carbonyl (C=O) groups excluding carboxylic acids is 2. The van der Waals surface area contributed by atoms with E-state index in [1.807, 2.05) is 25.7 Å². The molecule has 2 aliphatic rings. The van der Waals surface area contributed by atoms with E-state index in [0.717, 1.165) is 45.6 Å². The fourth-order valence-electron chi connectivity index (χ4n) is 3.45.